The van der Waals surface area contributed by atoms with Gasteiger partial charge in [-0.05, 0) is 60.5 Å². The maximum atomic E-state index is 13.4. The van der Waals surface area contributed by atoms with Crippen molar-refractivity contribution in [2.45, 2.75) is 32.9 Å². The van der Waals surface area contributed by atoms with Crippen LogP contribution in [0.5, 0.6) is 5.75 Å². The first kappa shape index (κ1) is 26.9. The van der Waals surface area contributed by atoms with E-state index in [-0.39, 0.29) is 50.4 Å². The second-order valence-corrected chi connectivity index (χ2v) is 8.40. The fourth-order valence-corrected chi connectivity index (χ4v) is 3.56. The molecule has 7 nitrogen and oxygen atoms in total. The largest absolute Gasteiger partial charge is 0.494 e. The van der Waals surface area contributed by atoms with Crippen molar-refractivity contribution in [2.75, 3.05) is 33.4 Å². The Balaban J connectivity index is 1.73. The maximum Gasteiger partial charge on any atom is 0.254 e. The van der Waals surface area contributed by atoms with Crippen LogP contribution >= 0.6 is 0 Å². The van der Waals surface area contributed by atoms with Crippen LogP contribution in [-0.2, 0) is 22.6 Å². The number of nitrogens with zero attached hydrogens (tertiary/aromatic N) is 2. The standard InChI is InChI=1S/C28H33FN2O5/c1-3-4-16-35-25-13-9-23(10-14-25)28(33)30(15-18-34-2)21-27(32)31(20-26-6-5-17-36-26)19-22-7-11-24(29)12-8-22/h5-14,17H,3-4,15-16,18-21H2,1-2H3. The number of rotatable bonds is 14. The molecule has 0 atom stereocenters. The lowest BCUT2D eigenvalue weighted by Gasteiger charge is -2.27. The van der Waals surface area contributed by atoms with Crippen LogP contribution < -0.4 is 4.74 Å². The lowest BCUT2D eigenvalue weighted by molar-refractivity contribution is -0.133. The molecule has 0 saturated heterocycles. The number of unbranched alkanes of at least 4 members (excludes halogenated alkanes) is 1. The predicted octanol–water partition coefficient (Wildman–Crippen LogP) is 4.92. The smallest absolute Gasteiger partial charge is 0.254 e. The molecule has 0 aliphatic rings. The molecule has 3 aromatic rings. The molecule has 0 fully saturated rings. The van der Waals surface area contributed by atoms with E-state index in [4.69, 9.17) is 13.9 Å². The summed E-state index contributed by atoms with van der Waals surface area (Å²) in [6.07, 6.45) is 3.54. The van der Waals surface area contributed by atoms with Crippen LogP contribution in [0.4, 0.5) is 4.39 Å². The summed E-state index contributed by atoms with van der Waals surface area (Å²) >= 11 is 0. The number of ether oxygens (including phenoxy) is 2. The molecule has 1 heterocycles. The van der Waals surface area contributed by atoms with Crippen molar-refractivity contribution in [3.63, 3.8) is 0 Å². The van der Waals surface area contributed by atoms with Crippen molar-refractivity contribution in [3.05, 3.63) is 89.6 Å². The third kappa shape index (κ3) is 8.23. The van der Waals surface area contributed by atoms with E-state index in [1.807, 2.05) is 0 Å². The van der Waals surface area contributed by atoms with Gasteiger partial charge >= 0.3 is 0 Å². The van der Waals surface area contributed by atoms with E-state index < -0.39 is 0 Å². The zero-order chi connectivity index (χ0) is 25.8. The van der Waals surface area contributed by atoms with E-state index in [1.165, 1.54) is 17.0 Å². The van der Waals surface area contributed by atoms with Crippen molar-refractivity contribution in [1.82, 2.24) is 9.80 Å². The highest BCUT2D eigenvalue weighted by Crippen LogP contribution is 2.16. The first-order chi connectivity index (χ1) is 17.5. The van der Waals surface area contributed by atoms with Crippen LogP contribution in [0.15, 0.2) is 71.3 Å². The van der Waals surface area contributed by atoms with Crippen LogP contribution in [0.2, 0.25) is 0 Å². The number of amides is 2. The topological polar surface area (TPSA) is 72.2 Å². The Hall–Kier alpha value is -3.65. The molecule has 192 valence electrons. The minimum atomic E-state index is -0.346. The van der Waals surface area contributed by atoms with Gasteiger partial charge in [0.2, 0.25) is 5.91 Å². The molecule has 1 aromatic heterocycles. The van der Waals surface area contributed by atoms with Crippen molar-refractivity contribution in [1.29, 1.82) is 0 Å². The fraction of sp³-hybridized carbons (Fsp3) is 0.357. The number of carbonyl (C=O) groups is 2. The Labute approximate surface area is 211 Å². The summed E-state index contributed by atoms with van der Waals surface area (Å²) in [7, 11) is 1.55. The predicted molar refractivity (Wildman–Crippen MR) is 134 cm³/mol. The monoisotopic (exact) mass is 496 g/mol. The van der Waals surface area contributed by atoms with Gasteiger partial charge in [0.15, 0.2) is 0 Å². The molecule has 2 aromatic carbocycles. The summed E-state index contributed by atoms with van der Waals surface area (Å²) in [5.41, 5.74) is 1.22. The molecule has 0 aliphatic carbocycles. The van der Waals surface area contributed by atoms with Gasteiger partial charge in [-0.15, -0.1) is 0 Å². The van der Waals surface area contributed by atoms with Gasteiger partial charge in [-0.1, -0.05) is 25.5 Å². The summed E-state index contributed by atoms with van der Waals surface area (Å²) in [6.45, 7) is 3.58. The molecule has 3 rings (SSSR count). The summed E-state index contributed by atoms with van der Waals surface area (Å²) in [5.74, 6) is 0.419. The minimum Gasteiger partial charge on any atom is -0.494 e. The summed E-state index contributed by atoms with van der Waals surface area (Å²) in [4.78, 5) is 29.8. The first-order valence-electron chi connectivity index (χ1n) is 12.1. The van der Waals surface area contributed by atoms with E-state index >= 15 is 0 Å². The molecule has 0 N–H and O–H groups in total. The molecule has 0 unspecified atom stereocenters. The maximum absolute atomic E-state index is 13.4. The van der Waals surface area contributed by atoms with Gasteiger partial charge in [0.25, 0.3) is 5.91 Å². The van der Waals surface area contributed by atoms with Crippen molar-refractivity contribution >= 4 is 11.8 Å². The zero-order valence-corrected chi connectivity index (χ0v) is 20.8. The summed E-state index contributed by atoms with van der Waals surface area (Å²) in [6, 6.07) is 16.4. The number of methoxy groups -OCH3 is 1. The number of furan rings is 1. The molecule has 0 saturated carbocycles. The van der Waals surface area contributed by atoms with Gasteiger partial charge in [-0.3, -0.25) is 9.59 Å². The van der Waals surface area contributed by atoms with Crippen molar-refractivity contribution in [3.8, 4) is 5.75 Å². The summed E-state index contributed by atoms with van der Waals surface area (Å²) in [5, 5.41) is 0. The number of halogens is 1. The SMILES string of the molecule is CCCCOc1ccc(C(=O)N(CCOC)CC(=O)N(Cc2ccc(F)cc2)Cc2ccco2)cc1. The van der Waals surface area contributed by atoms with Crippen LogP contribution in [0.25, 0.3) is 0 Å². The van der Waals surface area contributed by atoms with Crippen LogP contribution in [-0.4, -0.2) is 55.0 Å². The van der Waals surface area contributed by atoms with Crippen LogP contribution in [0, 0.1) is 5.82 Å². The van der Waals surface area contributed by atoms with Gasteiger partial charge in [-0.2, -0.15) is 0 Å². The molecule has 8 heteroatoms. The van der Waals surface area contributed by atoms with E-state index in [2.05, 4.69) is 6.92 Å². The lowest BCUT2D eigenvalue weighted by Crippen LogP contribution is -2.43. The average molecular weight is 497 g/mol. The summed E-state index contributed by atoms with van der Waals surface area (Å²) < 4.78 is 29.7. The van der Waals surface area contributed by atoms with Gasteiger partial charge in [-0.25, -0.2) is 4.39 Å². The number of carbonyl (C=O) groups excluding carboxylic acids is 2. The van der Waals surface area contributed by atoms with Crippen molar-refractivity contribution in [2.24, 2.45) is 0 Å². The van der Waals surface area contributed by atoms with Crippen LogP contribution in [0.3, 0.4) is 0 Å². The second-order valence-electron chi connectivity index (χ2n) is 8.40. The highest BCUT2D eigenvalue weighted by molar-refractivity contribution is 5.96. The zero-order valence-electron chi connectivity index (χ0n) is 20.8. The number of hydrogen-bond donors (Lipinski definition) is 0. The van der Waals surface area contributed by atoms with Crippen molar-refractivity contribution < 1.29 is 27.9 Å². The molecular weight excluding hydrogens is 463 g/mol. The van der Waals surface area contributed by atoms with E-state index in [9.17, 15) is 14.0 Å². The molecule has 0 radical (unpaired) electrons. The average Bonchev–Trinajstić information content (AvgIpc) is 3.41. The molecular formula is C28H33FN2O5. The van der Waals surface area contributed by atoms with E-state index in [0.717, 1.165) is 18.4 Å². The Morgan fingerprint density at radius 3 is 2.33 bits per heavy atom. The molecule has 36 heavy (non-hydrogen) atoms. The number of hydrogen-bond acceptors (Lipinski definition) is 5. The Morgan fingerprint density at radius 1 is 0.944 bits per heavy atom. The fourth-order valence-electron chi connectivity index (χ4n) is 3.56. The third-order valence-corrected chi connectivity index (χ3v) is 5.61. The second kappa shape index (κ2) is 14.0. The molecule has 0 spiro atoms. The molecule has 0 bridgehead atoms. The van der Waals surface area contributed by atoms with Gasteiger partial charge in [0, 0.05) is 25.8 Å². The Morgan fingerprint density at radius 2 is 1.69 bits per heavy atom. The Bertz CT molecular complexity index is 1070. The van der Waals surface area contributed by atoms with Gasteiger partial charge in [0.1, 0.15) is 23.9 Å². The van der Waals surface area contributed by atoms with E-state index in [0.29, 0.717) is 23.7 Å². The van der Waals surface area contributed by atoms with Gasteiger partial charge in [0.05, 0.1) is 26.0 Å². The molecule has 0 aliphatic heterocycles. The van der Waals surface area contributed by atoms with E-state index in [1.54, 1.807) is 66.8 Å². The normalized spacial score (nSPS) is 10.8. The quantitative estimate of drug-likeness (QED) is 0.297. The molecule has 2 amide bonds. The van der Waals surface area contributed by atoms with Crippen LogP contribution in [0.1, 0.15) is 41.4 Å². The first-order valence-corrected chi connectivity index (χ1v) is 12.1. The number of benzene rings is 2. The minimum absolute atomic E-state index is 0.140. The highest BCUT2D eigenvalue weighted by Gasteiger charge is 2.23. The third-order valence-electron chi connectivity index (χ3n) is 5.61. The Kier molecular flexibility index (Phi) is 10.5. The lowest BCUT2D eigenvalue weighted by atomic mass is 10.1. The highest BCUT2D eigenvalue weighted by atomic mass is 19.1. The van der Waals surface area contributed by atoms with Gasteiger partial charge < -0.3 is 23.7 Å².